The highest BCUT2D eigenvalue weighted by Gasteiger charge is 2.16. The van der Waals surface area contributed by atoms with Crippen molar-refractivity contribution in [3.05, 3.63) is 101 Å². The number of carbonyl (C=O) groups excluding carboxylic acids is 1. The zero-order chi connectivity index (χ0) is 23.0. The van der Waals surface area contributed by atoms with E-state index in [0.717, 1.165) is 34.3 Å². The van der Waals surface area contributed by atoms with Crippen molar-refractivity contribution in [2.24, 2.45) is 0 Å². The molecule has 33 heavy (non-hydrogen) atoms. The van der Waals surface area contributed by atoms with Crippen molar-refractivity contribution in [2.45, 2.75) is 25.0 Å². The summed E-state index contributed by atoms with van der Waals surface area (Å²) in [6.45, 7) is 2.26. The van der Waals surface area contributed by atoms with Gasteiger partial charge in [-0.3, -0.25) is 9.36 Å². The molecular formula is C26H26N4O2S. The van der Waals surface area contributed by atoms with Crippen molar-refractivity contribution in [3.63, 3.8) is 0 Å². The van der Waals surface area contributed by atoms with Gasteiger partial charge in [0.1, 0.15) is 5.75 Å². The van der Waals surface area contributed by atoms with Crippen molar-refractivity contribution < 1.29 is 9.53 Å². The third-order valence-corrected chi connectivity index (χ3v) is 6.13. The number of rotatable bonds is 9. The van der Waals surface area contributed by atoms with Gasteiger partial charge in [0, 0.05) is 17.4 Å². The number of aromatic nitrogens is 3. The van der Waals surface area contributed by atoms with Crippen LogP contribution in [0.5, 0.6) is 5.75 Å². The standard InChI is InChI=1S/C26H26N4O2S/c1-19-11-13-21(14-12-19)25(31)27-18-24-28-29-26(33-16-15-20-7-4-3-5-8-20)30(24)22-9-6-10-23(17-22)32-2/h3-14,17H,15-16,18H2,1-2H3,(H,27,31). The molecule has 0 saturated carbocycles. The molecule has 0 bridgehead atoms. The normalized spacial score (nSPS) is 10.7. The minimum absolute atomic E-state index is 0.145. The molecule has 0 unspecified atom stereocenters. The number of benzene rings is 3. The minimum Gasteiger partial charge on any atom is -0.497 e. The van der Waals surface area contributed by atoms with Gasteiger partial charge >= 0.3 is 0 Å². The maximum atomic E-state index is 12.6. The molecule has 1 aromatic heterocycles. The molecular weight excluding hydrogens is 432 g/mol. The molecule has 1 N–H and O–H groups in total. The average molecular weight is 459 g/mol. The van der Waals surface area contributed by atoms with Gasteiger partial charge in [0.25, 0.3) is 5.91 Å². The second-order valence-electron chi connectivity index (χ2n) is 7.57. The molecule has 168 valence electrons. The highest BCUT2D eigenvalue weighted by molar-refractivity contribution is 7.99. The van der Waals surface area contributed by atoms with Gasteiger partial charge in [-0.15, -0.1) is 10.2 Å². The summed E-state index contributed by atoms with van der Waals surface area (Å²) in [7, 11) is 1.64. The van der Waals surface area contributed by atoms with Crippen LogP contribution in [-0.4, -0.2) is 33.5 Å². The molecule has 0 radical (unpaired) electrons. The van der Waals surface area contributed by atoms with E-state index in [1.54, 1.807) is 18.9 Å². The molecule has 6 nitrogen and oxygen atoms in total. The molecule has 0 aliphatic carbocycles. The van der Waals surface area contributed by atoms with Crippen LogP contribution in [-0.2, 0) is 13.0 Å². The van der Waals surface area contributed by atoms with Crippen molar-refractivity contribution in [1.29, 1.82) is 0 Å². The van der Waals surface area contributed by atoms with Crippen molar-refractivity contribution in [3.8, 4) is 11.4 Å². The Kier molecular flexibility index (Phi) is 7.42. The largest absolute Gasteiger partial charge is 0.497 e. The molecule has 0 spiro atoms. The quantitative estimate of drug-likeness (QED) is 0.363. The van der Waals surface area contributed by atoms with Crippen LogP contribution in [0.4, 0.5) is 0 Å². The van der Waals surface area contributed by atoms with Crippen LogP contribution in [0, 0.1) is 6.92 Å². The highest BCUT2D eigenvalue weighted by Crippen LogP contribution is 2.25. The van der Waals surface area contributed by atoms with E-state index < -0.39 is 0 Å². The second-order valence-corrected chi connectivity index (χ2v) is 8.63. The fourth-order valence-electron chi connectivity index (χ4n) is 3.39. The van der Waals surface area contributed by atoms with Crippen LogP contribution in [0.25, 0.3) is 5.69 Å². The molecule has 0 fully saturated rings. The van der Waals surface area contributed by atoms with Crippen LogP contribution in [0.1, 0.15) is 27.3 Å². The Morgan fingerprint density at radius 1 is 1.00 bits per heavy atom. The number of amides is 1. The summed E-state index contributed by atoms with van der Waals surface area (Å²) in [5.41, 5.74) is 3.90. The number of aryl methyl sites for hydroxylation is 2. The van der Waals surface area contributed by atoms with E-state index in [9.17, 15) is 4.79 Å². The van der Waals surface area contributed by atoms with Gasteiger partial charge in [-0.25, -0.2) is 0 Å². The first kappa shape index (κ1) is 22.6. The van der Waals surface area contributed by atoms with E-state index in [1.807, 2.05) is 78.2 Å². The number of ether oxygens (including phenoxy) is 1. The summed E-state index contributed by atoms with van der Waals surface area (Å²) in [5.74, 6) is 2.12. The fraction of sp³-hybridized carbons (Fsp3) is 0.192. The molecule has 0 saturated heterocycles. The summed E-state index contributed by atoms with van der Waals surface area (Å²) in [6.07, 6.45) is 0.927. The van der Waals surface area contributed by atoms with E-state index in [0.29, 0.717) is 11.4 Å². The number of hydrogen-bond acceptors (Lipinski definition) is 5. The molecule has 7 heteroatoms. The summed E-state index contributed by atoms with van der Waals surface area (Å²) in [5, 5.41) is 12.6. The lowest BCUT2D eigenvalue weighted by Crippen LogP contribution is -2.24. The van der Waals surface area contributed by atoms with E-state index in [2.05, 4.69) is 27.6 Å². The van der Waals surface area contributed by atoms with E-state index in [4.69, 9.17) is 4.74 Å². The number of carbonyl (C=O) groups is 1. The van der Waals surface area contributed by atoms with Crippen molar-refractivity contribution >= 4 is 17.7 Å². The summed E-state index contributed by atoms with van der Waals surface area (Å²) >= 11 is 1.64. The van der Waals surface area contributed by atoms with Gasteiger partial charge in [-0.2, -0.15) is 0 Å². The number of hydrogen-bond donors (Lipinski definition) is 1. The van der Waals surface area contributed by atoms with Gasteiger partial charge in [0.05, 0.1) is 19.3 Å². The number of nitrogens with one attached hydrogen (secondary N) is 1. The zero-order valence-corrected chi connectivity index (χ0v) is 19.5. The van der Waals surface area contributed by atoms with Crippen LogP contribution in [0.3, 0.4) is 0 Å². The first-order valence-electron chi connectivity index (χ1n) is 10.7. The number of methoxy groups -OCH3 is 1. The third-order valence-electron chi connectivity index (χ3n) is 5.20. The van der Waals surface area contributed by atoms with Crippen molar-refractivity contribution in [2.75, 3.05) is 12.9 Å². The lowest BCUT2D eigenvalue weighted by atomic mass is 10.1. The second kappa shape index (κ2) is 10.8. The lowest BCUT2D eigenvalue weighted by Gasteiger charge is -2.12. The Hall–Kier alpha value is -3.58. The van der Waals surface area contributed by atoms with E-state index >= 15 is 0 Å². The molecule has 4 rings (SSSR count). The fourth-order valence-corrected chi connectivity index (χ4v) is 4.35. The van der Waals surface area contributed by atoms with Gasteiger partial charge < -0.3 is 10.1 Å². The van der Waals surface area contributed by atoms with Crippen LogP contribution >= 0.6 is 11.8 Å². The Labute approximate surface area is 198 Å². The predicted molar refractivity (Wildman–Crippen MR) is 131 cm³/mol. The topological polar surface area (TPSA) is 69.0 Å². The lowest BCUT2D eigenvalue weighted by molar-refractivity contribution is 0.0949. The summed E-state index contributed by atoms with van der Waals surface area (Å²) in [6, 6.07) is 25.6. The third kappa shape index (κ3) is 5.81. The SMILES string of the molecule is COc1cccc(-n2c(CNC(=O)c3ccc(C)cc3)nnc2SCCc2ccccc2)c1. The monoisotopic (exact) mass is 458 g/mol. The van der Waals surface area contributed by atoms with E-state index in [1.165, 1.54) is 5.56 Å². The molecule has 3 aromatic carbocycles. The maximum absolute atomic E-state index is 12.6. The average Bonchev–Trinajstić information content (AvgIpc) is 3.26. The first-order chi connectivity index (χ1) is 16.1. The molecule has 0 aliphatic heterocycles. The van der Waals surface area contributed by atoms with Gasteiger partial charge in [0.15, 0.2) is 11.0 Å². The van der Waals surface area contributed by atoms with Gasteiger partial charge in [-0.1, -0.05) is 65.9 Å². The molecule has 4 aromatic rings. The van der Waals surface area contributed by atoms with Crippen LogP contribution in [0.15, 0.2) is 84.0 Å². The van der Waals surface area contributed by atoms with Crippen LogP contribution in [0.2, 0.25) is 0 Å². The van der Waals surface area contributed by atoms with Crippen molar-refractivity contribution in [1.82, 2.24) is 20.1 Å². The number of nitrogens with zero attached hydrogens (tertiary/aromatic N) is 3. The molecule has 0 aliphatic rings. The maximum Gasteiger partial charge on any atom is 0.251 e. The smallest absolute Gasteiger partial charge is 0.251 e. The Balaban J connectivity index is 1.54. The Morgan fingerprint density at radius 3 is 2.55 bits per heavy atom. The molecule has 0 atom stereocenters. The minimum atomic E-state index is -0.145. The van der Waals surface area contributed by atoms with E-state index in [-0.39, 0.29) is 12.5 Å². The highest BCUT2D eigenvalue weighted by atomic mass is 32.2. The Morgan fingerprint density at radius 2 is 1.79 bits per heavy atom. The predicted octanol–water partition coefficient (Wildman–Crippen LogP) is 4.85. The molecule has 1 heterocycles. The zero-order valence-electron chi connectivity index (χ0n) is 18.7. The van der Waals surface area contributed by atoms with Gasteiger partial charge in [-0.05, 0) is 43.2 Å². The van der Waals surface area contributed by atoms with Crippen LogP contribution < -0.4 is 10.1 Å². The number of thioether (sulfide) groups is 1. The van der Waals surface area contributed by atoms with Gasteiger partial charge in [0.2, 0.25) is 0 Å². The summed E-state index contributed by atoms with van der Waals surface area (Å²) < 4.78 is 7.39. The first-order valence-corrected chi connectivity index (χ1v) is 11.7. The Bertz CT molecular complexity index is 1210. The molecule has 1 amide bonds. The summed E-state index contributed by atoms with van der Waals surface area (Å²) in [4.78, 5) is 12.6.